The third-order valence-electron chi connectivity index (χ3n) is 2.63. The van der Waals surface area contributed by atoms with Crippen molar-refractivity contribution in [2.24, 2.45) is 0 Å². The zero-order chi connectivity index (χ0) is 15.7. The van der Waals surface area contributed by atoms with Crippen LogP contribution in [0, 0.1) is 0 Å². The van der Waals surface area contributed by atoms with Crippen LogP contribution >= 0.6 is 15.9 Å². The van der Waals surface area contributed by atoms with Crippen LogP contribution in [0.4, 0.5) is 5.82 Å². The van der Waals surface area contributed by atoms with Gasteiger partial charge in [-0.3, -0.25) is 0 Å². The number of pyridine rings is 1. The van der Waals surface area contributed by atoms with E-state index in [1.165, 1.54) is 6.07 Å². The van der Waals surface area contributed by atoms with Crippen molar-refractivity contribution in [2.75, 3.05) is 31.6 Å². The molecular weight excluding hydrogens is 358 g/mol. The zero-order valence-corrected chi connectivity index (χ0v) is 14.8. The van der Waals surface area contributed by atoms with Crippen molar-refractivity contribution in [3.63, 3.8) is 0 Å². The van der Waals surface area contributed by atoms with Crippen molar-refractivity contribution in [3.05, 3.63) is 16.7 Å². The highest BCUT2D eigenvalue weighted by molar-refractivity contribution is 9.10. The van der Waals surface area contributed by atoms with Crippen molar-refractivity contribution < 1.29 is 13.2 Å². The van der Waals surface area contributed by atoms with Crippen LogP contribution < -0.4 is 10.0 Å². The SMILES string of the molecule is CCCCOCCNS(=O)(=O)c1cc(Br)cnc1NCC. The van der Waals surface area contributed by atoms with E-state index in [0.29, 0.717) is 30.0 Å². The molecule has 2 N–H and O–H groups in total. The summed E-state index contributed by atoms with van der Waals surface area (Å²) in [4.78, 5) is 4.23. The van der Waals surface area contributed by atoms with Gasteiger partial charge in [0.2, 0.25) is 10.0 Å². The van der Waals surface area contributed by atoms with Crippen LogP contribution in [-0.2, 0) is 14.8 Å². The number of ether oxygens (including phenoxy) is 1. The summed E-state index contributed by atoms with van der Waals surface area (Å²) in [5.74, 6) is 0.347. The molecule has 0 radical (unpaired) electrons. The number of aromatic nitrogens is 1. The summed E-state index contributed by atoms with van der Waals surface area (Å²) < 4.78 is 33.1. The Morgan fingerprint density at radius 1 is 1.33 bits per heavy atom. The molecule has 0 saturated carbocycles. The molecule has 0 aromatic carbocycles. The van der Waals surface area contributed by atoms with Crippen LogP contribution in [0.5, 0.6) is 0 Å². The third-order valence-corrected chi connectivity index (χ3v) is 4.54. The van der Waals surface area contributed by atoms with Crippen LogP contribution in [0.25, 0.3) is 0 Å². The number of hydrogen-bond donors (Lipinski definition) is 2. The van der Waals surface area contributed by atoms with Gasteiger partial charge in [-0.25, -0.2) is 18.1 Å². The van der Waals surface area contributed by atoms with Gasteiger partial charge in [-0.15, -0.1) is 0 Å². The first-order valence-corrected chi connectivity index (χ1v) is 9.25. The number of rotatable bonds is 10. The molecular formula is C13H22BrN3O3S. The van der Waals surface area contributed by atoms with Gasteiger partial charge in [0, 0.05) is 30.4 Å². The molecule has 0 bridgehead atoms. The van der Waals surface area contributed by atoms with E-state index in [0.717, 1.165) is 12.8 Å². The summed E-state index contributed by atoms with van der Waals surface area (Å²) in [5, 5.41) is 2.95. The molecule has 0 fully saturated rings. The molecule has 0 spiro atoms. The Morgan fingerprint density at radius 2 is 2.10 bits per heavy atom. The Labute approximate surface area is 134 Å². The highest BCUT2D eigenvalue weighted by Gasteiger charge is 2.19. The highest BCUT2D eigenvalue weighted by atomic mass is 79.9. The Bertz CT molecular complexity index is 537. The molecule has 0 atom stereocenters. The number of hydrogen-bond acceptors (Lipinski definition) is 5. The fourth-order valence-corrected chi connectivity index (χ4v) is 3.25. The minimum Gasteiger partial charge on any atom is -0.380 e. The minimum absolute atomic E-state index is 0.132. The average molecular weight is 380 g/mol. The molecule has 0 saturated heterocycles. The molecule has 8 heteroatoms. The van der Waals surface area contributed by atoms with Gasteiger partial charge in [0.1, 0.15) is 10.7 Å². The second-order valence-corrected chi connectivity index (χ2v) is 7.05. The first-order chi connectivity index (χ1) is 10.0. The maximum Gasteiger partial charge on any atom is 0.244 e. The van der Waals surface area contributed by atoms with E-state index in [9.17, 15) is 8.42 Å². The molecule has 1 heterocycles. The smallest absolute Gasteiger partial charge is 0.244 e. The van der Waals surface area contributed by atoms with E-state index in [4.69, 9.17) is 4.74 Å². The normalized spacial score (nSPS) is 11.6. The van der Waals surface area contributed by atoms with Crippen molar-refractivity contribution >= 4 is 31.8 Å². The molecule has 1 aromatic rings. The number of sulfonamides is 1. The minimum atomic E-state index is -3.61. The monoisotopic (exact) mass is 379 g/mol. The Hall–Kier alpha value is -0.700. The summed E-state index contributed by atoms with van der Waals surface area (Å²) in [6.45, 7) is 5.81. The molecule has 0 unspecified atom stereocenters. The van der Waals surface area contributed by atoms with Gasteiger partial charge in [-0.2, -0.15) is 0 Å². The average Bonchev–Trinajstić information content (AvgIpc) is 2.45. The van der Waals surface area contributed by atoms with Gasteiger partial charge in [0.15, 0.2) is 0 Å². The van der Waals surface area contributed by atoms with Crippen molar-refractivity contribution in [1.82, 2.24) is 9.71 Å². The number of halogens is 1. The topological polar surface area (TPSA) is 80.3 Å². The summed E-state index contributed by atoms with van der Waals surface area (Å²) in [6, 6.07) is 1.53. The van der Waals surface area contributed by atoms with Gasteiger partial charge in [0.05, 0.1) is 6.61 Å². The fraction of sp³-hybridized carbons (Fsp3) is 0.615. The van der Waals surface area contributed by atoms with Gasteiger partial charge in [-0.1, -0.05) is 13.3 Å². The maximum atomic E-state index is 12.3. The molecule has 0 aliphatic rings. The molecule has 1 rings (SSSR count). The lowest BCUT2D eigenvalue weighted by Crippen LogP contribution is -2.28. The van der Waals surface area contributed by atoms with E-state index in [1.54, 1.807) is 6.20 Å². The summed E-state index contributed by atoms with van der Waals surface area (Å²) in [7, 11) is -3.61. The van der Waals surface area contributed by atoms with Gasteiger partial charge in [0.25, 0.3) is 0 Å². The van der Waals surface area contributed by atoms with Crippen molar-refractivity contribution in [3.8, 4) is 0 Å². The maximum absolute atomic E-state index is 12.3. The van der Waals surface area contributed by atoms with E-state index in [2.05, 4.69) is 37.9 Å². The van der Waals surface area contributed by atoms with Crippen molar-refractivity contribution in [1.29, 1.82) is 0 Å². The van der Waals surface area contributed by atoms with Crippen LogP contribution in [0.15, 0.2) is 21.6 Å². The highest BCUT2D eigenvalue weighted by Crippen LogP contribution is 2.22. The van der Waals surface area contributed by atoms with Gasteiger partial charge < -0.3 is 10.1 Å². The lowest BCUT2D eigenvalue weighted by Gasteiger charge is -2.12. The summed E-state index contributed by atoms with van der Waals surface area (Å²) in [6.07, 6.45) is 3.60. The largest absolute Gasteiger partial charge is 0.380 e. The van der Waals surface area contributed by atoms with E-state index < -0.39 is 10.0 Å². The fourth-order valence-electron chi connectivity index (χ4n) is 1.60. The Balaban J connectivity index is 2.67. The first-order valence-electron chi connectivity index (χ1n) is 6.98. The zero-order valence-electron chi connectivity index (χ0n) is 12.4. The predicted octanol–water partition coefficient (Wildman–Crippen LogP) is 2.37. The molecule has 1 aromatic heterocycles. The van der Waals surface area contributed by atoms with Crippen LogP contribution in [-0.4, -0.2) is 39.7 Å². The number of nitrogens with zero attached hydrogens (tertiary/aromatic N) is 1. The number of nitrogens with one attached hydrogen (secondary N) is 2. The summed E-state index contributed by atoms with van der Waals surface area (Å²) in [5.41, 5.74) is 0. The Morgan fingerprint density at radius 3 is 2.76 bits per heavy atom. The first kappa shape index (κ1) is 18.3. The van der Waals surface area contributed by atoms with E-state index in [-0.39, 0.29) is 11.4 Å². The standard InChI is InChI=1S/C13H22BrN3O3S/c1-3-5-7-20-8-6-17-21(18,19)12-9-11(14)10-16-13(12)15-4-2/h9-10,17H,3-8H2,1-2H3,(H,15,16). The number of unbranched alkanes of at least 4 members (excludes halogenated alkanes) is 1. The second-order valence-electron chi connectivity index (χ2n) is 4.39. The third kappa shape index (κ3) is 6.29. The lowest BCUT2D eigenvalue weighted by atomic mass is 10.4. The molecule has 120 valence electrons. The van der Waals surface area contributed by atoms with E-state index in [1.807, 2.05) is 6.92 Å². The molecule has 0 aliphatic carbocycles. The quantitative estimate of drug-likeness (QED) is 0.610. The molecule has 0 aliphatic heterocycles. The molecule has 0 amide bonds. The van der Waals surface area contributed by atoms with Crippen molar-refractivity contribution in [2.45, 2.75) is 31.6 Å². The molecule has 6 nitrogen and oxygen atoms in total. The Kier molecular flexibility index (Phi) is 8.16. The number of anilines is 1. The predicted molar refractivity (Wildman–Crippen MR) is 87.0 cm³/mol. The van der Waals surface area contributed by atoms with Crippen LogP contribution in [0.3, 0.4) is 0 Å². The second kappa shape index (κ2) is 9.34. The van der Waals surface area contributed by atoms with Crippen LogP contribution in [0.2, 0.25) is 0 Å². The van der Waals surface area contributed by atoms with E-state index >= 15 is 0 Å². The van der Waals surface area contributed by atoms with Crippen LogP contribution in [0.1, 0.15) is 26.7 Å². The molecule has 21 heavy (non-hydrogen) atoms. The van der Waals surface area contributed by atoms with Gasteiger partial charge >= 0.3 is 0 Å². The summed E-state index contributed by atoms with van der Waals surface area (Å²) >= 11 is 3.24. The lowest BCUT2D eigenvalue weighted by molar-refractivity contribution is 0.136. The van der Waals surface area contributed by atoms with Gasteiger partial charge in [-0.05, 0) is 35.3 Å².